The van der Waals surface area contributed by atoms with Crippen molar-refractivity contribution in [3.63, 3.8) is 0 Å². The summed E-state index contributed by atoms with van der Waals surface area (Å²) >= 11 is 0. The number of aliphatic hydroxyl groups excluding tert-OH is 4. The monoisotopic (exact) mass is 224 g/mol. The number of rotatable bonds is 4. The first-order valence-electron chi connectivity index (χ1n) is 5.39. The molecule has 0 aromatic carbocycles. The highest BCUT2D eigenvalue weighted by molar-refractivity contribution is 4.62. The average molecular weight is 224 g/mol. The molecule has 4 nitrogen and oxygen atoms in total. The van der Waals surface area contributed by atoms with Crippen LogP contribution < -0.4 is 0 Å². The van der Waals surface area contributed by atoms with Crippen LogP contribution in [0.25, 0.3) is 0 Å². The van der Waals surface area contributed by atoms with E-state index in [1.54, 1.807) is 13.8 Å². The van der Waals surface area contributed by atoms with Crippen LogP contribution in [0.1, 0.15) is 40.5 Å². The fourth-order valence-electron chi connectivity index (χ4n) is 0.0500. The Morgan fingerprint density at radius 3 is 0.933 bits per heavy atom. The minimum Gasteiger partial charge on any atom is -0.396 e. The summed E-state index contributed by atoms with van der Waals surface area (Å²) in [6, 6.07) is 0. The predicted molar refractivity (Wildman–Crippen MR) is 62.7 cm³/mol. The molecule has 0 fully saturated rings. The summed E-state index contributed by atoms with van der Waals surface area (Å²) < 4.78 is 0. The zero-order valence-electron chi connectivity index (χ0n) is 10.5. The van der Waals surface area contributed by atoms with E-state index in [0.717, 1.165) is 12.8 Å². The fraction of sp³-hybridized carbons (Fsp3) is 1.00. The van der Waals surface area contributed by atoms with E-state index in [1.807, 2.05) is 13.8 Å². The first-order valence-corrected chi connectivity index (χ1v) is 5.39. The van der Waals surface area contributed by atoms with Crippen molar-refractivity contribution in [2.24, 2.45) is 5.41 Å². The van der Waals surface area contributed by atoms with Gasteiger partial charge in [0.15, 0.2) is 0 Å². The highest BCUT2D eigenvalue weighted by Crippen LogP contribution is 2.10. The molecule has 0 aliphatic carbocycles. The zero-order chi connectivity index (χ0) is 12.7. The molecule has 0 rings (SSSR count). The van der Waals surface area contributed by atoms with Crippen LogP contribution in [-0.2, 0) is 0 Å². The van der Waals surface area contributed by atoms with Gasteiger partial charge in [-0.1, -0.05) is 27.7 Å². The molecule has 0 aromatic heterocycles. The predicted octanol–water partition coefficient (Wildman–Crippen LogP) is 0.775. The maximum Gasteiger partial charge on any atom is 0.0504 e. The van der Waals surface area contributed by atoms with Gasteiger partial charge < -0.3 is 20.4 Å². The van der Waals surface area contributed by atoms with E-state index in [1.165, 1.54) is 0 Å². The van der Waals surface area contributed by atoms with Crippen LogP contribution in [0, 0.1) is 5.41 Å². The first-order chi connectivity index (χ1) is 6.95. The van der Waals surface area contributed by atoms with E-state index in [4.69, 9.17) is 20.4 Å². The lowest BCUT2D eigenvalue weighted by Crippen LogP contribution is -2.20. The normalized spacial score (nSPS) is 9.60. The number of aliphatic hydroxyl groups is 4. The second kappa shape index (κ2) is 16.3. The molecule has 0 bridgehead atoms. The molecule has 0 heterocycles. The lowest BCUT2D eigenvalue weighted by molar-refractivity contribution is 0.0857. The van der Waals surface area contributed by atoms with Crippen molar-refractivity contribution in [1.82, 2.24) is 0 Å². The zero-order valence-corrected chi connectivity index (χ0v) is 10.5. The van der Waals surface area contributed by atoms with Crippen molar-refractivity contribution < 1.29 is 20.4 Å². The maximum absolute atomic E-state index is 8.43. The van der Waals surface area contributed by atoms with Crippen LogP contribution in [0.3, 0.4) is 0 Å². The lowest BCUT2D eigenvalue weighted by Gasteiger charge is -2.16. The van der Waals surface area contributed by atoms with Gasteiger partial charge >= 0.3 is 0 Å². The molecule has 0 saturated heterocycles. The van der Waals surface area contributed by atoms with Gasteiger partial charge in [-0.3, -0.25) is 0 Å². The minimum absolute atomic E-state index is 0.0451. The summed E-state index contributed by atoms with van der Waals surface area (Å²) in [5.74, 6) is 0. The Kier molecular flexibility index (Phi) is 22.0. The molecule has 0 saturated carbocycles. The van der Waals surface area contributed by atoms with Gasteiger partial charge in [0.05, 0.1) is 13.2 Å². The highest BCUT2D eigenvalue weighted by Gasteiger charge is 2.13. The maximum atomic E-state index is 8.43. The molecule has 96 valence electrons. The molecule has 0 aromatic rings. The second-order valence-electron chi connectivity index (χ2n) is 3.93. The Balaban J connectivity index is -0.000000155. The molecule has 0 amide bonds. The van der Waals surface area contributed by atoms with Gasteiger partial charge in [-0.2, -0.15) is 0 Å². The number of hydrogen-bond acceptors (Lipinski definition) is 4. The van der Waals surface area contributed by atoms with E-state index in [0.29, 0.717) is 13.2 Å². The highest BCUT2D eigenvalue weighted by atomic mass is 16.3. The summed E-state index contributed by atoms with van der Waals surface area (Å²) in [5.41, 5.74) is -0.306. The third-order valence-electron chi connectivity index (χ3n) is 1.30. The van der Waals surface area contributed by atoms with Crippen LogP contribution in [0.5, 0.6) is 0 Å². The van der Waals surface area contributed by atoms with Crippen molar-refractivity contribution >= 4 is 0 Å². The van der Waals surface area contributed by atoms with Crippen LogP contribution >= 0.6 is 0 Å². The van der Waals surface area contributed by atoms with Crippen molar-refractivity contribution in [3.8, 4) is 0 Å². The van der Waals surface area contributed by atoms with Gasteiger partial charge in [-0.15, -0.1) is 0 Å². The minimum atomic E-state index is -0.306. The largest absolute Gasteiger partial charge is 0.396 e. The second-order valence-corrected chi connectivity index (χ2v) is 3.93. The van der Waals surface area contributed by atoms with Crippen LogP contribution in [-0.4, -0.2) is 46.9 Å². The Bertz CT molecular complexity index is 80.6. The fourth-order valence-corrected chi connectivity index (χ4v) is 0.0500. The van der Waals surface area contributed by atoms with Gasteiger partial charge in [0.25, 0.3) is 0 Å². The summed E-state index contributed by atoms with van der Waals surface area (Å²) in [6.07, 6.45) is 1.75. The van der Waals surface area contributed by atoms with Gasteiger partial charge in [-0.05, 0) is 12.8 Å². The quantitative estimate of drug-likeness (QED) is 0.569. The average Bonchev–Trinajstić information content (AvgIpc) is 2.29. The van der Waals surface area contributed by atoms with E-state index >= 15 is 0 Å². The van der Waals surface area contributed by atoms with Crippen LogP contribution in [0.15, 0.2) is 0 Å². The molecule has 0 unspecified atom stereocenters. The van der Waals surface area contributed by atoms with Gasteiger partial charge in [0, 0.05) is 18.6 Å². The number of hydrogen-bond donors (Lipinski definition) is 4. The van der Waals surface area contributed by atoms with Crippen molar-refractivity contribution in [2.45, 2.75) is 40.5 Å². The summed E-state index contributed by atoms with van der Waals surface area (Å²) in [4.78, 5) is 0. The molecular formula is C11H28O4. The van der Waals surface area contributed by atoms with Crippen molar-refractivity contribution in [1.29, 1.82) is 0 Å². The van der Waals surface area contributed by atoms with Crippen molar-refractivity contribution in [2.75, 3.05) is 26.4 Å². The SMILES string of the molecule is CC(C)(CO)CO.CCCO.CCCO. The molecule has 0 atom stereocenters. The Labute approximate surface area is 93.6 Å². The molecule has 4 heteroatoms. The van der Waals surface area contributed by atoms with Crippen LogP contribution in [0.4, 0.5) is 0 Å². The third kappa shape index (κ3) is 31.6. The summed E-state index contributed by atoms with van der Waals surface area (Å²) in [5, 5.41) is 32.6. The van der Waals surface area contributed by atoms with Gasteiger partial charge in [0.2, 0.25) is 0 Å². The Morgan fingerprint density at radius 2 is 0.933 bits per heavy atom. The molecule has 0 radical (unpaired) electrons. The standard InChI is InChI=1S/C5H12O2.2C3H8O/c1-5(2,3-6)4-7;2*1-2-3-4/h6-7H,3-4H2,1-2H3;2*4H,2-3H2,1H3. The van der Waals surface area contributed by atoms with Gasteiger partial charge in [0.1, 0.15) is 0 Å². The first kappa shape index (κ1) is 20.3. The Morgan fingerprint density at radius 1 is 0.733 bits per heavy atom. The molecule has 0 spiro atoms. The molecule has 15 heavy (non-hydrogen) atoms. The third-order valence-corrected chi connectivity index (χ3v) is 1.30. The van der Waals surface area contributed by atoms with E-state index in [9.17, 15) is 0 Å². The molecule has 0 aliphatic rings. The molecule has 4 N–H and O–H groups in total. The van der Waals surface area contributed by atoms with Crippen molar-refractivity contribution in [3.05, 3.63) is 0 Å². The van der Waals surface area contributed by atoms with E-state index < -0.39 is 0 Å². The lowest BCUT2D eigenvalue weighted by atomic mass is 9.97. The Hall–Kier alpha value is -0.160. The molecular weight excluding hydrogens is 196 g/mol. The topological polar surface area (TPSA) is 80.9 Å². The summed E-state index contributed by atoms with van der Waals surface area (Å²) in [6.45, 7) is 8.19. The molecule has 0 aliphatic heterocycles. The van der Waals surface area contributed by atoms with E-state index in [-0.39, 0.29) is 18.6 Å². The van der Waals surface area contributed by atoms with E-state index in [2.05, 4.69) is 0 Å². The van der Waals surface area contributed by atoms with Crippen LogP contribution in [0.2, 0.25) is 0 Å². The smallest absolute Gasteiger partial charge is 0.0504 e. The van der Waals surface area contributed by atoms with Gasteiger partial charge in [-0.25, -0.2) is 0 Å². The summed E-state index contributed by atoms with van der Waals surface area (Å²) in [7, 11) is 0.